The van der Waals surface area contributed by atoms with E-state index in [1.807, 2.05) is 0 Å². The zero-order chi connectivity index (χ0) is 18.3. The minimum absolute atomic E-state index is 0.163. The minimum Gasteiger partial charge on any atom is -0.493 e. The molecule has 26 heavy (non-hydrogen) atoms. The summed E-state index contributed by atoms with van der Waals surface area (Å²) in [6.45, 7) is 0.163. The zero-order valence-electron chi connectivity index (χ0n) is 14.5. The molecule has 2 heterocycles. The van der Waals surface area contributed by atoms with Gasteiger partial charge in [-0.3, -0.25) is 4.79 Å². The summed E-state index contributed by atoms with van der Waals surface area (Å²) >= 11 is 0. The van der Waals surface area contributed by atoms with E-state index in [1.54, 1.807) is 24.3 Å². The van der Waals surface area contributed by atoms with Crippen LogP contribution in [-0.2, 0) is 0 Å². The maximum Gasteiger partial charge on any atom is 0.231 e. The van der Waals surface area contributed by atoms with Gasteiger partial charge in [-0.1, -0.05) is 6.07 Å². The average Bonchev–Trinajstić information content (AvgIpc) is 3.14. The summed E-state index contributed by atoms with van der Waals surface area (Å²) in [4.78, 5) is 13.2. The standard InChI is InChI=1S/C19H16O7/c1-21-15-7-14-16(19(23-3)18(15)22-2)17(20)11(8-24-14)10-4-5-12-13(6-10)26-9-25-12/h4-8H,9H2,1-3H3. The molecule has 134 valence electrons. The molecule has 0 saturated heterocycles. The predicted octanol–water partition coefficient (Wildman–Crippen LogP) is 3.21. The van der Waals surface area contributed by atoms with E-state index >= 15 is 0 Å². The molecule has 1 aromatic heterocycles. The van der Waals surface area contributed by atoms with Crippen LogP contribution in [0.25, 0.3) is 22.1 Å². The van der Waals surface area contributed by atoms with E-state index in [-0.39, 0.29) is 23.4 Å². The molecule has 7 nitrogen and oxygen atoms in total. The Balaban J connectivity index is 1.99. The molecular weight excluding hydrogens is 340 g/mol. The summed E-state index contributed by atoms with van der Waals surface area (Å²) in [6.07, 6.45) is 1.41. The van der Waals surface area contributed by atoms with Gasteiger partial charge >= 0.3 is 0 Å². The lowest BCUT2D eigenvalue weighted by molar-refractivity contribution is 0.174. The van der Waals surface area contributed by atoms with Gasteiger partial charge in [0.05, 0.1) is 26.9 Å². The highest BCUT2D eigenvalue weighted by Crippen LogP contribution is 2.43. The SMILES string of the molecule is COc1cc2occ(-c3ccc4c(c3)OCO4)c(=O)c2c(OC)c1OC. The second kappa shape index (κ2) is 6.18. The maximum absolute atomic E-state index is 13.2. The number of rotatable bonds is 4. The summed E-state index contributed by atoms with van der Waals surface area (Å²) < 4.78 is 32.5. The Morgan fingerprint density at radius 2 is 1.69 bits per heavy atom. The van der Waals surface area contributed by atoms with Crippen LogP contribution >= 0.6 is 0 Å². The van der Waals surface area contributed by atoms with Crippen LogP contribution in [0.1, 0.15) is 0 Å². The number of methoxy groups -OCH3 is 3. The monoisotopic (exact) mass is 356 g/mol. The summed E-state index contributed by atoms with van der Waals surface area (Å²) in [5.74, 6) is 2.23. The van der Waals surface area contributed by atoms with E-state index in [0.29, 0.717) is 39.7 Å². The van der Waals surface area contributed by atoms with Crippen molar-refractivity contribution in [3.05, 3.63) is 40.8 Å². The molecule has 0 bridgehead atoms. The molecule has 3 aromatic rings. The topological polar surface area (TPSA) is 76.4 Å². The highest BCUT2D eigenvalue weighted by molar-refractivity contribution is 5.91. The number of benzene rings is 2. The van der Waals surface area contributed by atoms with Crippen molar-refractivity contribution in [3.8, 4) is 39.9 Å². The third-order valence-corrected chi connectivity index (χ3v) is 4.25. The fourth-order valence-corrected chi connectivity index (χ4v) is 3.02. The molecule has 0 unspecified atom stereocenters. The Kier molecular flexibility index (Phi) is 3.84. The van der Waals surface area contributed by atoms with Crippen LogP contribution in [-0.4, -0.2) is 28.1 Å². The molecule has 1 aliphatic rings. The minimum atomic E-state index is -0.247. The van der Waals surface area contributed by atoms with Gasteiger partial charge in [-0.15, -0.1) is 0 Å². The number of fused-ring (bicyclic) bond motifs is 2. The molecule has 0 fully saturated rings. The van der Waals surface area contributed by atoms with Gasteiger partial charge in [0.2, 0.25) is 18.0 Å². The van der Waals surface area contributed by atoms with Crippen LogP contribution < -0.4 is 29.1 Å². The highest BCUT2D eigenvalue weighted by atomic mass is 16.7. The van der Waals surface area contributed by atoms with Gasteiger partial charge in [-0.25, -0.2) is 0 Å². The molecule has 1 aliphatic heterocycles. The van der Waals surface area contributed by atoms with E-state index in [0.717, 1.165) is 0 Å². The Bertz CT molecular complexity index is 1050. The average molecular weight is 356 g/mol. The number of hydrogen-bond donors (Lipinski definition) is 0. The lowest BCUT2D eigenvalue weighted by atomic mass is 10.0. The molecule has 0 N–H and O–H groups in total. The normalized spacial score (nSPS) is 12.3. The van der Waals surface area contributed by atoms with Gasteiger partial charge in [-0.2, -0.15) is 0 Å². The van der Waals surface area contributed by atoms with Crippen LogP contribution in [0.5, 0.6) is 28.7 Å². The molecule has 0 amide bonds. The summed E-state index contributed by atoms with van der Waals surface area (Å²) in [7, 11) is 4.45. The van der Waals surface area contributed by atoms with Crippen molar-refractivity contribution < 1.29 is 28.1 Å². The molecule has 0 aliphatic carbocycles. The molecule has 7 heteroatoms. The number of ether oxygens (including phenoxy) is 5. The van der Waals surface area contributed by atoms with Crippen molar-refractivity contribution in [3.63, 3.8) is 0 Å². The molecule has 0 saturated carbocycles. The highest BCUT2D eigenvalue weighted by Gasteiger charge is 2.22. The van der Waals surface area contributed by atoms with Gasteiger partial charge in [0, 0.05) is 6.07 Å². The molecule has 0 radical (unpaired) electrons. The second-order valence-electron chi connectivity index (χ2n) is 5.57. The van der Waals surface area contributed by atoms with Crippen LogP contribution in [0.4, 0.5) is 0 Å². The van der Waals surface area contributed by atoms with Gasteiger partial charge < -0.3 is 28.1 Å². The van der Waals surface area contributed by atoms with Crippen molar-refractivity contribution >= 4 is 11.0 Å². The van der Waals surface area contributed by atoms with Crippen molar-refractivity contribution in [1.82, 2.24) is 0 Å². The van der Waals surface area contributed by atoms with Crippen LogP contribution in [0.3, 0.4) is 0 Å². The first-order valence-corrected chi connectivity index (χ1v) is 7.82. The van der Waals surface area contributed by atoms with Crippen LogP contribution in [0.2, 0.25) is 0 Å². The largest absolute Gasteiger partial charge is 0.493 e. The fraction of sp³-hybridized carbons (Fsp3) is 0.211. The smallest absolute Gasteiger partial charge is 0.231 e. The maximum atomic E-state index is 13.2. The van der Waals surface area contributed by atoms with Crippen LogP contribution in [0.15, 0.2) is 39.7 Å². The zero-order valence-corrected chi connectivity index (χ0v) is 14.5. The lowest BCUT2D eigenvalue weighted by Crippen LogP contribution is -2.08. The summed E-state index contributed by atoms with van der Waals surface area (Å²) in [5, 5.41) is 0.278. The Labute approximate surface area is 148 Å². The first-order valence-electron chi connectivity index (χ1n) is 7.82. The molecule has 4 rings (SSSR count). The van der Waals surface area contributed by atoms with E-state index in [9.17, 15) is 4.79 Å². The van der Waals surface area contributed by atoms with Crippen molar-refractivity contribution in [1.29, 1.82) is 0 Å². The summed E-state index contributed by atoms with van der Waals surface area (Å²) in [6, 6.07) is 6.88. The first-order chi connectivity index (χ1) is 12.7. The van der Waals surface area contributed by atoms with Crippen molar-refractivity contribution in [2.75, 3.05) is 28.1 Å². The molecule has 0 atom stereocenters. The van der Waals surface area contributed by atoms with Crippen molar-refractivity contribution in [2.24, 2.45) is 0 Å². The van der Waals surface area contributed by atoms with E-state index in [4.69, 9.17) is 28.1 Å². The van der Waals surface area contributed by atoms with E-state index in [1.165, 1.54) is 27.6 Å². The molecule has 2 aromatic carbocycles. The van der Waals surface area contributed by atoms with E-state index < -0.39 is 0 Å². The summed E-state index contributed by atoms with van der Waals surface area (Å²) in [5.41, 5.74) is 1.12. The number of hydrogen-bond acceptors (Lipinski definition) is 7. The molecular formula is C19H16O7. The third-order valence-electron chi connectivity index (χ3n) is 4.25. The van der Waals surface area contributed by atoms with Gasteiger partial charge in [0.1, 0.15) is 17.2 Å². The van der Waals surface area contributed by atoms with Gasteiger partial charge in [0.15, 0.2) is 23.0 Å². The Morgan fingerprint density at radius 3 is 2.42 bits per heavy atom. The lowest BCUT2D eigenvalue weighted by Gasteiger charge is -2.14. The first kappa shape index (κ1) is 16.1. The third kappa shape index (κ3) is 2.32. The quantitative estimate of drug-likeness (QED) is 0.710. The fourth-order valence-electron chi connectivity index (χ4n) is 3.02. The van der Waals surface area contributed by atoms with E-state index in [2.05, 4.69) is 0 Å². The predicted molar refractivity (Wildman–Crippen MR) is 93.7 cm³/mol. The van der Waals surface area contributed by atoms with Crippen LogP contribution in [0, 0.1) is 0 Å². The van der Waals surface area contributed by atoms with Gasteiger partial charge in [-0.05, 0) is 17.7 Å². The Morgan fingerprint density at radius 1 is 0.923 bits per heavy atom. The van der Waals surface area contributed by atoms with Crippen molar-refractivity contribution in [2.45, 2.75) is 0 Å². The Hall–Kier alpha value is -3.35. The van der Waals surface area contributed by atoms with Gasteiger partial charge in [0.25, 0.3) is 0 Å². The second-order valence-corrected chi connectivity index (χ2v) is 5.57. The molecule has 0 spiro atoms.